The van der Waals surface area contributed by atoms with Crippen LogP contribution in [0.5, 0.6) is 0 Å². The molecule has 0 spiro atoms. The third-order valence-electron chi connectivity index (χ3n) is 6.01. The molecule has 28 heavy (non-hydrogen) atoms. The van der Waals surface area contributed by atoms with Crippen LogP contribution in [0.2, 0.25) is 0 Å². The van der Waals surface area contributed by atoms with Crippen LogP contribution >= 0.6 is 0 Å². The van der Waals surface area contributed by atoms with Gasteiger partial charge in [0.25, 0.3) is 23.6 Å². The van der Waals surface area contributed by atoms with Gasteiger partial charge in [-0.1, -0.05) is 37.1 Å². The summed E-state index contributed by atoms with van der Waals surface area (Å²) in [5.74, 6) is -1.36. The lowest BCUT2D eigenvalue weighted by atomic mass is 9.88. The van der Waals surface area contributed by atoms with Gasteiger partial charge in [-0.05, 0) is 37.1 Å². The van der Waals surface area contributed by atoms with Gasteiger partial charge < -0.3 is 0 Å². The van der Waals surface area contributed by atoms with Crippen molar-refractivity contribution in [1.82, 2.24) is 9.80 Å². The molecule has 2 aromatic carbocycles. The standard InChI is InChI=1S/C22H18N2O4/c25-19-13-7-1-2-8-14(13)20(26)23(19)17-11-5-6-12-18(17)24-21(27)15-9-3-4-10-16(15)22(24)28/h1-4,7-10,17-18H,5-6,11-12H2/t17-,18+. The summed E-state index contributed by atoms with van der Waals surface area (Å²) in [6.07, 6.45) is 2.86. The molecule has 2 atom stereocenters. The van der Waals surface area contributed by atoms with E-state index in [0.717, 1.165) is 12.8 Å². The number of carbonyl (C=O) groups is 4. The van der Waals surface area contributed by atoms with Crippen LogP contribution in [0.4, 0.5) is 0 Å². The predicted octanol–water partition coefficient (Wildman–Crippen LogP) is 2.89. The minimum Gasteiger partial charge on any atom is -0.269 e. The smallest absolute Gasteiger partial charge is 0.261 e. The Balaban J connectivity index is 1.53. The zero-order valence-corrected chi connectivity index (χ0v) is 15.1. The molecule has 0 saturated heterocycles. The summed E-state index contributed by atoms with van der Waals surface area (Å²) in [6.45, 7) is 0. The van der Waals surface area contributed by atoms with Gasteiger partial charge >= 0.3 is 0 Å². The van der Waals surface area contributed by atoms with Crippen LogP contribution < -0.4 is 0 Å². The van der Waals surface area contributed by atoms with Crippen molar-refractivity contribution in [2.75, 3.05) is 0 Å². The number of imide groups is 2. The molecule has 6 heteroatoms. The van der Waals surface area contributed by atoms with Gasteiger partial charge in [0.2, 0.25) is 0 Å². The van der Waals surface area contributed by atoms with Crippen molar-refractivity contribution in [3.8, 4) is 0 Å². The number of amides is 4. The van der Waals surface area contributed by atoms with Crippen molar-refractivity contribution in [1.29, 1.82) is 0 Å². The van der Waals surface area contributed by atoms with Gasteiger partial charge in [0.15, 0.2) is 0 Å². The van der Waals surface area contributed by atoms with E-state index in [9.17, 15) is 19.2 Å². The molecule has 0 aromatic heterocycles. The van der Waals surface area contributed by atoms with Crippen LogP contribution in [-0.4, -0.2) is 45.5 Å². The first kappa shape index (κ1) is 16.9. The third kappa shape index (κ3) is 2.21. The Morgan fingerprint density at radius 3 is 1.11 bits per heavy atom. The van der Waals surface area contributed by atoms with Crippen molar-refractivity contribution in [2.24, 2.45) is 0 Å². The Morgan fingerprint density at radius 2 is 0.821 bits per heavy atom. The van der Waals surface area contributed by atoms with E-state index in [1.807, 2.05) is 0 Å². The molecule has 2 aliphatic heterocycles. The van der Waals surface area contributed by atoms with Crippen LogP contribution in [0.1, 0.15) is 67.1 Å². The highest BCUT2D eigenvalue weighted by atomic mass is 16.2. The fourth-order valence-corrected chi connectivity index (χ4v) is 4.71. The van der Waals surface area contributed by atoms with Gasteiger partial charge in [0, 0.05) is 0 Å². The number of hydrogen-bond acceptors (Lipinski definition) is 4. The molecule has 0 N–H and O–H groups in total. The molecule has 0 unspecified atom stereocenters. The normalized spacial score (nSPS) is 24.0. The quantitative estimate of drug-likeness (QED) is 0.758. The first-order valence-corrected chi connectivity index (χ1v) is 9.53. The van der Waals surface area contributed by atoms with Gasteiger partial charge in [-0.25, -0.2) is 0 Å². The van der Waals surface area contributed by atoms with Gasteiger partial charge in [0.1, 0.15) is 0 Å². The van der Waals surface area contributed by atoms with Gasteiger partial charge in [-0.15, -0.1) is 0 Å². The lowest BCUT2D eigenvalue weighted by Gasteiger charge is -2.40. The molecular weight excluding hydrogens is 356 g/mol. The second-order valence-electron chi connectivity index (χ2n) is 7.47. The Bertz CT molecular complexity index is 891. The maximum absolute atomic E-state index is 13.0. The Morgan fingerprint density at radius 1 is 0.536 bits per heavy atom. The number of fused-ring (bicyclic) bond motifs is 2. The molecule has 3 aliphatic rings. The van der Waals surface area contributed by atoms with Crippen molar-refractivity contribution >= 4 is 23.6 Å². The first-order chi connectivity index (χ1) is 13.6. The first-order valence-electron chi connectivity index (χ1n) is 9.53. The molecular formula is C22H18N2O4. The number of carbonyl (C=O) groups excluding carboxylic acids is 4. The highest BCUT2D eigenvalue weighted by Gasteiger charge is 2.49. The van der Waals surface area contributed by atoms with Crippen LogP contribution in [-0.2, 0) is 0 Å². The van der Waals surface area contributed by atoms with Crippen molar-refractivity contribution < 1.29 is 19.2 Å². The van der Waals surface area contributed by atoms with E-state index in [4.69, 9.17) is 0 Å². The van der Waals surface area contributed by atoms with Gasteiger partial charge in [0.05, 0.1) is 34.3 Å². The second kappa shape index (κ2) is 6.12. The Kier molecular flexibility index (Phi) is 3.69. The van der Waals surface area contributed by atoms with Gasteiger partial charge in [-0.2, -0.15) is 0 Å². The fraction of sp³-hybridized carbons (Fsp3) is 0.273. The van der Waals surface area contributed by atoms with E-state index in [1.165, 1.54) is 9.80 Å². The molecule has 1 aliphatic carbocycles. The second-order valence-corrected chi connectivity index (χ2v) is 7.47. The van der Waals surface area contributed by atoms with Crippen LogP contribution in [0, 0.1) is 0 Å². The fourth-order valence-electron chi connectivity index (χ4n) is 4.71. The number of rotatable bonds is 2. The molecule has 2 aromatic rings. The topological polar surface area (TPSA) is 74.8 Å². The molecule has 1 saturated carbocycles. The molecule has 0 bridgehead atoms. The lowest BCUT2D eigenvalue weighted by Crippen LogP contribution is -2.56. The zero-order valence-electron chi connectivity index (χ0n) is 15.1. The highest BCUT2D eigenvalue weighted by Crippen LogP contribution is 2.36. The minimum absolute atomic E-state index is 0.339. The molecule has 6 nitrogen and oxygen atoms in total. The van der Waals surface area contributed by atoms with E-state index < -0.39 is 12.1 Å². The molecule has 2 heterocycles. The summed E-state index contributed by atoms with van der Waals surface area (Å²) in [5, 5.41) is 0. The van der Waals surface area contributed by atoms with Crippen molar-refractivity contribution in [3.63, 3.8) is 0 Å². The monoisotopic (exact) mass is 374 g/mol. The van der Waals surface area contributed by atoms with E-state index in [1.54, 1.807) is 48.5 Å². The average molecular weight is 374 g/mol. The molecule has 1 fully saturated rings. The maximum Gasteiger partial charge on any atom is 0.261 e. The summed E-state index contributed by atoms with van der Waals surface area (Å²) in [7, 11) is 0. The summed E-state index contributed by atoms with van der Waals surface area (Å²) < 4.78 is 0. The largest absolute Gasteiger partial charge is 0.269 e. The van der Waals surface area contributed by atoms with Crippen molar-refractivity contribution in [2.45, 2.75) is 37.8 Å². The summed E-state index contributed by atoms with van der Waals surface area (Å²) in [5.41, 5.74) is 1.55. The van der Waals surface area contributed by atoms with Crippen LogP contribution in [0.3, 0.4) is 0 Å². The average Bonchev–Trinajstić information content (AvgIpc) is 3.13. The summed E-state index contributed by atoms with van der Waals surface area (Å²) in [6, 6.07) is 12.5. The summed E-state index contributed by atoms with van der Waals surface area (Å²) >= 11 is 0. The van der Waals surface area contributed by atoms with E-state index >= 15 is 0 Å². The molecule has 4 amide bonds. The molecule has 0 radical (unpaired) electrons. The molecule has 5 rings (SSSR count). The summed E-state index contributed by atoms with van der Waals surface area (Å²) in [4.78, 5) is 54.4. The number of benzene rings is 2. The van der Waals surface area contributed by atoms with Crippen LogP contribution in [0.15, 0.2) is 48.5 Å². The third-order valence-corrected chi connectivity index (χ3v) is 6.01. The van der Waals surface area contributed by atoms with Crippen molar-refractivity contribution in [3.05, 3.63) is 70.8 Å². The SMILES string of the molecule is O=C1c2ccccc2C(=O)N1[C@@H]1CCCC[C@@H]1N1C(=O)c2ccccc2C1=O. The minimum atomic E-state index is -0.497. The number of nitrogens with zero attached hydrogens (tertiary/aromatic N) is 2. The van der Waals surface area contributed by atoms with Crippen LogP contribution in [0.25, 0.3) is 0 Å². The number of hydrogen-bond donors (Lipinski definition) is 0. The van der Waals surface area contributed by atoms with E-state index in [0.29, 0.717) is 35.1 Å². The van der Waals surface area contributed by atoms with Gasteiger partial charge in [-0.3, -0.25) is 29.0 Å². The zero-order chi connectivity index (χ0) is 19.4. The Hall–Kier alpha value is -3.28. The van der Waals surface area contributed by atoms with E-state index in [-0.39, 0.29) is 23.6 Å². The highest BCUT2D eigenvalue weighted by molar-refractivity contribution is 6.23. The maximum atomic E-state index is 13.0. The van der Waals surface area contributed by atoms with E-state index in [2.05, 4.69) is 0 Å². The molecule has 140 valence electrons. The predicted molar refractivity (Wildman–Crippen MR) is 99.9 cm³/mol. The Labute approximate surface area is 161 Å². The lowest BCUT2D eigenvalue weighted by molar-refractivity contribution is 0.0291.